The van der Waals surface area contributed by atoms with Gasteiger partial charge in [0.15, 0.2) is 0 Å². The molecule has 0 aliphatic heterocycles. The van der Waals surface area contributed by atoms with Crippen molar-refractivity contribution in [2.75, 3.05) is 0 Å². The highest BCUT2D eigenvalue weighted by molar-refractivity contribution is 6.32. The van der Waals surface area contributed by atoms with Crippen molar-refractivity contribution in [3.05, 3.63) is 27.8 Å². The molecule has 2 rings (SSSR count). The number of aryl methyl sites for hydroxylation is 1. The van der Waals surface area contributed by atoms with E-state index < -0.39 is 0 Å². The molecule has 0 unspecified atom stereocenters. The molecule has 0 bridgehead atoms. The molecule has 1 aromatic rings. The monoisotopic (exact) mass is 239 g/mol. The van der Waals surface area contributed by atoms with E-state index in [0.717, 1.165) is 47.4 Å². The molecule has 1 saturated carbocycles. The summed E-state index contributed by atoms with van der Waals surface area (Å²) in [4.78, 5) is 0. The van der Waals surface area contributed by atoms with Crippen molar-refractivity contribution in [3.8, 4) is 5.75 Å². The van der Waals surface area contributed by atoms with Crippen LogP contribution in [0, 0.1) is 13.8 Å². The Kier molecular flexibility index (Phi) is 2.89. The number of halogens is 1. The first-order valence-corrected chi connectivity index (χ1v) is 6.07. The van der Waals surface area contributed by atoms with E-state index in [-0.39, 0.29) is 5.54 Å². The molecule has 0 saturated heterocycles. The van der Waals surface area contributed by atoms with Gasteiger partial charge in [0, 0.05) is 10.6 Å². The SMILES string of the molecule is Cc1cc(O)c(CCC2(N)CC2)c(C)c1Cl. The van der Waals surface area contributed by atoms with Crippen LogP contribution in [-0.4, -0.2) is 10.6 Å². The number of rotatable bonds is 3. The van der Waals surface area contributed by atoms with Crippen molar-refractivity contribution >= 4 is 11.6 Å². The Morgan fingerprint density at radius 1 is 1.44 bits per heavy atom. The summed E-state index contributed by atoms with van der Waals surface area (Å²) in [6, 6.07) is 1.74. The number of hydrogen-bond donors (Lipinski definition) is 2. The Hall–Kier alpha value is -0.730. The molecule has 0 amide bonds. The summed E-state index contributed by atoms with van der Waals surface area (Å²) >= 11 is 6.18. The molecule has 0 heterocycles. The van der Waals surface area contributed by atoms with Gasteiger partial charge in [-0.3, -0.25) is 0 Å². The third kappa shape index (κ3) is 2.18. The third-order valence-corrected chi connectivity index (χ3v) is 4.14. The first kappa shape index (κ1) is 11.7. The number of hydrogen-bond acceptors (Lipinski definition) is 2. The summed E-state index contributed by atoms with van der Waals surface area (Å²) in [6.45, 7) is 3.87. The van der Waals surface area contributed by atoms with Crippen LogP contribution in [0.3, 0.4) is 0 Å². The maximum absolute atomic E-state index is 9.91. The van der Waals surface area contributed by atoms with Crippen LogP contribution in [0.25, 0.3) is 0 Å². The van der Waals surface area contributed by atoms with Crippen molar-refractivity contribution in [3.63, 3.8) is 0 Å². The minimum Gasteiger partial charge on any atom is -0.508 e. The lowest BCUT2D eigenvalue weighted by molar-refractivity contribution is 0.463. The molecule has 1 aliphatic carbocycles. The molecule has 2 nitrogen and oxygen atoms in total. The highest BCUT2D eigenvalue weighted by Gasteiger charge is 2.37. The van der Waals surface area contributed by atoms with E-state index in [9.17, 15) is 5.11 Å². The van der Waals surface area contributed by atoms with Crippen molar-refractivity contribution in [2.24, 2.45) is 5.73 Å². The van der Waals surface area contributed by atoms with Crippen LogP contribution < -0.4 is 5.73 Å². The van der Waals surface area contributed by atoms with Crippen LogP contribution in [0.4, 0.5) is 0 Å². The largest absolute Gasteiger partial charge is 0.508 e. The molecule has 3 heteroatoms. The first-order valence-electron chi connectivity index (χ1n) is 5.69. The van der Waals surface area contributed by atoms with Crippen LogP contribution >= 0.6 is 11.6 Å². The summed E-state index contributed by atoms with van der Waals surface area (Å²) in [6.07, 6.45) is 3.95. The Balaban J connectivity index is 2.22. The van der Waals surface area contributed by atoms with Crippen LogP contribution in [0.5, 0.6) is 5.75 Å². The van der Waals surface area contributed by atoms with Crippen LogP contribution in [-0.2, 0) is 6.42 Å². The van der Waals surface area contributed by atoms with E-state index >= 15 is 0 Å². The topological polar surface area (TPSA) is 46.2 Å². The standard InChI is InChI=1S/C13H18ClNO/c1-8-7-11(16)10(9(2)12(8)14)3-4-13(15)5-6-13/h7,16H,3-6,15H2,1-2H3. The number of phenols is 1. The molecule has 0 spiro atoms. The Morgan fingerprint density at radius 2 is 2.06 bits per heavy atom. The average molecular weight is 240 g/mol. The lowest BCUT2D eigenvalue weighted by Crippen LogP contribution is -2.22. The first-order chi connectivity index (χ1) is 7.43. The average Bonchev–Trinajstić information content (AvgIpc) is 2.93. The zero-order valence-corrected chi connectivity index (χ0v) is 10.6. The van der Waals surface area contributed by atoms with E-state index in [1.54, 1.807) is 6.07 Å². The van der Waals surface area contributed by atoms with Gasteiger partial charge in [-0.1, -0.05) is 11.6 Å². The highest BCUT2D eigenvalue weighted by Crippen LogP contribution is 2.39. The van der Waals surface area contributed by atoms with Gasteiger partial charge in [0.05, 0.1) is 0 Å². The summed E-state index contributed by atoms with van der Waals surface area (Å²) in [5, 5.41) is 10.7. The van der Waals surface area contributed by atoms with Crippen LogP contribution in [0.15, 0.2) is 6.07 Å². The fourth-order valence-corrected chi connectivity index (χ4v) is 2.24. The second-order valence-electron chi connectivity index (χ2n) is 4.99. The van der Waals surface area contributed by atoms with E-state index in [0.29, 0.717) is 5.75 Å². The molecular weight excluding hydrogens is 222 g/mol. The summed E-state index contributed by atoms with van der Waals surface area (Å²) < 4.78 is 0. The van der Waals surface area contributed by atoms with E-state index in [1.807, 2.05) is 13.8 Å². The van der Waals surface area contributed by atoms with Gasteiger partial charge in [-0.2, -0.15) is 0 Å². The van der Waals surface area contributed by atoms with Gasteiger partial charge >= 0.3 is 0 Å². The molecule has 3 N–H and O–H groups in total. The van der Waals surface area contributed by atoms with E-state index in [2.05, 4.69) is 0 Å². The Labute approximate surface area is 101 Å². The van der Waals surface area contributed by atoms with Crippen LogP contribution in [0.2, 0.25) is 5.02 Å². The van der Waals surface area contributed by atoms with Gasteiger partial charge in [0.1, 0.15) is 5.75 Å². The Morgan fingerprint density at radius 3 is 2.62 bits per heavy atom. The molecular formula is C13H18ClNO. The van der Waals surface area contributed by atoms with E-state index in [4.69, 9.17) is 17.3 Å². The van der Waals surface area contributed by atoms with E-state index in [1.165, 1.54) is 0 Å². The lowest BCUT2D eigenvalue weighted by atomic mass is 9.97. The second-order valence-corrected chi connectivity index (χ2v) is 5.37. The fraction of sp³-hybridized carbons (Fsp3) is 0.538. The summed E-state index contributed by atoms with van der Waals surface area (Å²) in [7, 11) is 0. The predicted molar refractivity (Wildman–Crippen MR) is 67.1 cm³/mol. The summed E-state index contributed by atoms with van der Waals surface area (Å²) in [5.41, 5.74) is 8.94. The molecule has 1 aliphatic rings. The molecule has 0 aromatic heterocycles. The van der Waals surface area contributed by atoms with Crippen molar-refractivity contribution in [1.29, 1.82) is 0 Å². The maximum atomic E-state index is 9.91. The second kappa shape index (κ2) is 3.94. The minimum absolute atomic E-state index is 0.0240. The van der Waals surface area contributed by atoms with Gasteiger partial charge < -0.3 is 10.8 Å². The quantitative estimate of drug-likeness (QED) is 0.852. The Bertz CT molecular complexity index is 424. The minimum atomic E-state index is 0.0240. The van der Waals surface area contributed by atoms with Crippen LogP contribution in [0.1, 0.15) is 36.0 Å². The van der Waals surface area contributed by atoms with Gasteiger partial charge in [-0.15, -0.1) is 0 Å². The molecule has 1 aromatic carbocycles. The van der Waals surface area contributed by atoms with Gasteiger partial charge in [0.25, 0.3) is 0 Å². The molecule has 0 atom stereocenters. The molecule has 1 fully saturated rings. The van der Waals surface area contributed by atoms with Crippen molar-refractivity contribution < 1.29 is 5.11 Å². The van der Waals surface area contributed by atoms with Gasteiger partial charge in [-0.25, -0.2) is 0 Å². The fourth-order valence-electron chi connectivity index (χ4n) is 2.08. The number of aromatic hydroxyl groups is 1. The predicted octanol–water partition coefficient (Wildman–Crippen LogP) is 3.09. The van der Waals surface area contributed by atoms with Gasteiger partial charge in [0.2, 0.25) is 0 Å². The molecule has 0 radical (unpaired) electrons. The molecule has 16 heavy (non-hydrogen) atoms. The molecule has 88 valence electrons. The highest BCUT2D eigenvalue weighted by atomic mass is 35.5. The third-order valence-electron chi connectivity index (χ3n) is 3.56. The number of nitrogens with two attached hydrogens (primary N) is 1. The summed E-state index contributed by atoms with van der Waals surface area (Å²) in [5.74, 6) is 0.351. The zero-order chi connectivity index (χ0) is 11.9. The van der Waals surface area contributed by atoms with Crippen molar-refractivity contribution in [1.82, 2.24) is 0 Å². The lowest BCUT2D eigenvalue weighted by Gasteiger charge is -2.14. The smallest absolute Gasteiger partial charge is 0.119 e. The maximum Gasteiger partial charge on any atom is 0.119 e. The number of benzene rings is 1. The number of phenolic OH excluding ortho intramolecular Hbond substituents is 1. The van der Waals surface area contributed by atoms with Crippen molar-refractivity contribution in [2.45, 2.75) is 45.1 Å². The normalized spacial score (nSPS) is 17.5. The van der Waals surface area contributed by atoms with Gasteiger partial charge in [-0.05, 0) is 62.3 Å². The zero-order valence-electron chi connectivity index (χ0n) is 9.81.